The number of guanidine groups is 1. The van der Waals surface area contributed by atoms with Gasteiger partial charge in [-0.3, -0.25) is 4.99 Å². The molecule has 1 aromatic heterocycles. The molecule has 158 valence electrons. The Bertz CT molecular complexity index is 781. The molecule has 0 saturated carbocycles. The molecule has 1 aliphatic rings. The normalized spacial score (nSPS) is 14.1. The molecule has 1 fully saturated rings. The molecule has 2 N–H and O–H groups in total. The van der Waals surface area contributed by atoms with E-state index in [2.05, 4.69) is 37.6 Å². The van der Waals surface area contributed by atoms with Gasteiger partial charge in [0.2, 0.25) is 0 Å². The first kappa shape index (κ1) is 23.2. The molecule has 0 bridgehead atoms. The lowest BCUT2D eigenvalue weighted by atomic mass is 10.2. The van der Waals surface area contributed by atoms with Gasteiger partial charge in [0.1, 0.15) is 11.6 Å². The Morgan fingerprint density at radius 3 is 2.52 bits per heavy atom. The number of hydrogen-bond donors (Lipinski definition) is 2. The van der Waals surface area contributed by atoms with Crippen molar-refractivity contribution in [2.45, 2.75) is 20.0 Å². The molecular formula is C21H30IN5O2. The fourth-order valence-corrected chi connectivity index (χ4v) is 3.15. The molecule has 2 heterocycles. The topological polar surface area (TPSA) is 71.0 Å². The summed E-state index contributed by atoms with van der Waals surface area (Å²) in [6, 6.07) is 12.1. The molecule has 3 rings (SSSR count). The summed E-state index contributed by atoms with van der Waals surface area (Å²) in [6.07, 6.45) is 1.84. The van der Waals surface area contributed by atoms with E-state index in [1.807, 2.05) is 37.4 Å². The molecule has 1 aromatic carbocycles. The second kappa shape index (κ2) is 12.5. The minimum Gasteiger partial charge on any atom is -0.494 e. The van der Waals surface area contributed by atoms with E-state index in [0.717, 1.165) is 55.0 Å². The third-order valence-electron chi connectivity index (χ3n) is 4.57. The van der Waals surface area contributed by atoms with Crippen LogP contribution in [-0.2, 0) is 17.8 Å². The third-order valence-corrected chi connectivity index (χ3v) is 4.57. The highest BCUT2D eigenvalue weighted by atomic mass is 127. The van der Waals surface area contributed by atoms with Crippen molar-refractivity contribution < 1.29 is 9.47 Å². The minimum absolute atomic E-state index is 0. The van der Waals surface area contributed by atoms with Crippen LogP contribution in [0, 0.1) is 0 Å². The average molecular weight is 511 g/mol. The minimum atomic E-state index is 0. The van der Waals surface area contributed by atoms with Crippen molar-refractivity contribution in [3.8, 4) is 5.75 Å². The van der Waals surface area contributed by atoms with Crippen molar-refractivity contribution in [2.24, 2.45) is 4.99 Å². The fourth-order valence-electron chi connectivity index (χ4n) is 3.15. The maximum atomic E-state index is 5.69. The Morgan fingerprint density at radius 1 is 1.10 bits per heavy atom. The van der Waals surface area contributed by atoms with Gasteiger partial charge in [0, 0.05) is 50.6 Å². The van der Waals surface area contributed by atoms with Crippen LogP contribution >= 0.6 is 24.0 Å². The van der Waals surface area contributed by atoms with E-state index in [9.17, 15) is 0 Å². The van der Waals surface area contributed by atoms with Crippen molar-refractivity contribution in [1.82, 2.24) is 15.6 Å². The standard InChI is InChI=1S/C21H29N5O2.HI/c1-3-28-19-9-5-4-7-17(19)15-24-21(22-2)25-16-18-8-6-10-23-20(18)26-11-13-27-14-12-26;/h4-10H,3,11-16H2,1-2H3,(H2,22,24,25);1H. The number of hydrogen-bond acceptors (Lipinski definition) is 5. The number of benzene rings is 1. The van der Waals surface area contributed by atoms with Gasteiger partial charge in [0.05, 0.1) is 19.8 Å². The second-order valence-corrected chi connectivity index (χ2v) is 6.41. The van der Waals surface area contributed by atoms with E-state index >= 15 is 0 Å². The van der Waals surface area contributed by atoms with E-state index in [4.69, 9.17) is 9.47 Å². The fraction of sp³-hybridized carbons (Fsp3) is 0.429. The maximum Gasteiger partial charge on any atom is 0.191 e. The molecule has 0 spiro atoms. The first-order valence-corrected chi connectivity index (χ1v) is 9.73. The van der Waals surface area contributed by atoms with Crippen LogP contribution in [0.3, 0.4) is 0 Å². The predicted octanol–water partition coefficient (Wildman–Crippen LogP) is 2.80. The van der Waals surface area contributed by atoms with Crippen molar-refractivity contribution in [3.05, 3.63) is 53.7 Å². The first-order valence-electron chi connectivity index (χ1n) is 9.73. The number of pyridine rings is 1. The van der Waals surface area contributed by atoms with Gasteiger partial charge < -0.3 is 25.0 Å². The number of aromatic nitrogens is 1. The number of ether oxygens (including phenoxy) is 2. The van der Waals surface area contributed by atoms with Gasteiger partial charge in [-0.1, -0.05) is 24.3 Å². The number of morpholine rings is 1. The lowest BCUT2D eigenvalue weighted by molar-refractivity contribution is 0.122. The lowest BCUT2D eigenvalue weighted by Crippen LogP contribution is -2.39. The zero-order valence-electron chi connectivity index (χ0n) is 17.1. The van der Waals surface area contributed by atoms with Crippen LogP contribution in [0.2, 0.25) is 0 Å². The van der Waals surface area contributed by atoms with Gasteiger partial charge in [0.15, 0.2) is 5.96 Å². The Hall–Kier alpha value is -2.07. The molecule has 8 heteroatoms. The molecule has 7 nitrogen and oxygen atoms in total. The van der Waals surface area contributed by atoms with Gasteiger partial charge in [-0.15, -0.1) is 24.0 Å². The molecule has 0 radical (unpaired) electrons. The van der Waals surface area contributed by atoms with Crippen LogP contribution in [0.5, 0.6) is 5.75 Å². The molecular weight excluding hydrogens is 481 g/mol. The number of rotatable bonds is 7. The summed E-state index contributed by atoms with van der Waals surface area (Å²) >= 11 is 0. The van der Waals surface area contributed by atoms with Gasteiger partial charge in [-0.05, 0) is 19.1 Å². The number of aliphatic imine (C=N–C) groups is 1. The monoisotopic (exact) mass is 511 g/mol. The number of anilines is 1. The molecule has 1 saturated heterocycles. The van der Waals surface area contributed by atoms with E-state index in [1.165, 1.54) is 0 Å². The summed E-state index contributed by atoms with van der Waals surface area (Å²) in [5, 5.41) is 6.75. The zero-order chi connectivity index (χ0) is 19.6. The highest BCUT2D eigenvalue weighted by Crippen LogP contribution is 2.19. The summed E-state index contributed by atoms with van der Waals surface area (Å²) in [6.45, 7) is 7.14. The Labute approximate surface area is 189 Å². The maximum absolute atomic E-state index is 5.69. The number of nitrogens with zero attached hydrogens (tertiary/aromatic N) is 3. The summed E-state index contributed by atoms with van der Waals surface area (Å²) in [5.41, 5.74) is 2.24. The van der Waals surface area contributed by atoms with Crippen molar-refractivity contribution >= 4 is 35.8 Å². The Kier molecular flexibility index (Phi) is 9.99. The van der Waals surface area contributed by atoms with E-state index < -0.39 is 0 Å². The number of nitrogens with one attached hydrogen (secondary N) is 2. The first-order chi connectivity index (χ1) is 13.8. The third kappa shape index (κ3) is 6.74. The SMILES string of the molecule is CCOc1ccccc1CNC(=NC)NCc1cccnc1N1CCOCC1.I. The number of para-hydroxylation sites is 1. The van der Waals surface area contributed by atoms with Crippen LogP contribution in [0.15, 0.2) is 47.6 Å². The zero-order valence-corrected chi connectivity index (χ0v) is 19.4. The molecule has 0 aliphatic carbocycles. The van der Waals surface area contributed by atoms with Crippen LogP contribution in [-0.4, -0.2) is 50.9 Å². The smallest absolute Gasteiger partial charge is 0.191 e. The van der Waals surface area contributed by atoms with E-state index in [1.54, 1.807) is 7.05 Å². The van der Waals surface area contributed by atoms with Crippen molar-refractivity contribution in [2.75, 3.05) is 44.9 Å². The van der Waals surface area contributed by atoms with E-state index in [-0.39, 0.29) is 24.0 Å². The largest absolute Gasteiger partial charge is 0.494 e. The van der Waals surface area contributed by atoms with Crippen LogP contribution in [0.25, 0.3) is 0 Å². The molecule has 29 heavy (non-hydrogen) atoms. The van der Waals surface area contributed by atoms with Gasteiger partial charge >= 0.3 is 0 Å². The average Bonchev–Trinajstić information content (AvgIpc) is 2.76. The quantitative estimate of drug-likeness (QED) is 0.339. The molecule has 2 aromatic rings. The van der Waals surface area contributed by atoms with Crippen molar-refractivity contribution in [3.63, 3.8) is 0 Å². The Balaban J connectivity index is 0.00000300. The molecule has 0 unspecified atom stereocenters. The Morgan fingerprint density at radius 2 is 1.79 bits per heavy atom. The van der Waals surface area contributed by atoms with Crippen LogP contribution in [0.1, 0.15) is 18.1 Å². The number of halogens is 1. The van der Waals surface area contributed by atoms with Gasteiger partial charge in [-0.25, -0.2) is 4.98 Å². The summed E-state index contributed by atoms with van der Waals surface area (Å²) in [7, 11) is 1.77. The molecule has 1 aliphatic heterocycles. The summed E-state index contributed by atoms with van der Waals surface area (Å²) < 4.78 is 11.1. The van der Waals surface area contributed by atoms with Crippen LogP contribution < -0.4 is 20.3 Å². The van der Waals surface area contributed by atoms with Crippen molar-refractivity contribution in [1.29, 1.82) is 0 Å². The molecule has 0 atom stereocenters. The second-order valence-electron chi connectivity index (χ2n) is 6.41. The lowest BCUT2D eigenvalue weighted by Gasteiger charge is -2.29. The van der Waals surface area contributed by atoms with Gasteiger partial charge in [0.25, 0.3) is 0 Å². The highest BCUT2D eigenvalue weighted by molar-refractivity contribution is 14.0. The van der Waals surface area contributed by atoms with E-state index in [0.29, 0.717) is 19.7 Å². The summed E-state index contributed by atoms with van der Waals surface area (Å²) in [5.74, 6) is 2.65. The summed E-state index contributed by atoms with van der Waals surface area (Å²) in [4.78, 5) is 11.2. The van der Waals surface area contributed by atoms with Crippen LogP contribution in [0.4, 0.5) is 5.82 Å². The highest BCUT2D eigenvalue weighted by Gasteiger charge is 2.16. The predicted molar refractivity (Wildman–Crippen MR) is 127 cm³/mol. The molecule has 0 amide bonds. The van der Waals surface area contributed by atoms with Gasteiger partial charge in [-0.2, -0.15) is 0 Å².